The van der Waals surface area contributed by atoms with Crippen molar-refractivity contribution in [1.82, 2.24) is 20.2 Å². The lowest BCUT2D eigenvalue weighted by molar-refractivity contribution is 0.337. The summed E-state index contributed by atoms with van der Waals surface area (Å²) in [5.74, 6) is 0.998. The van der Waals surface area contributed by atoms with Gasteiger partial charge in [-0.3, -0.25) is 4.98 Å². The minimum atomic E-state index is 0.101. The molecule has 0 bridgehead atoms. The van der Waals surface area contributed by atoms with Gasteiger partial charge >= 0.3 is 0 Å². The maximum absolute atomic E-state index is 4.63. The highest BCUT2D eigenvalue weighted by molar-refractivity contribution is 5.37. The second-order valence-corrected chi connectivity index (χ2v) is 7.13. The van der Waals surface area contributed by atoms with Gasteiger partial charge < -0.3 is 15.1 Å². The van der Waals surface area contributed by atoms with Gasteiger partial charge in [0.15, 0.2) is 0 Å². The number of rotatable bonds is 3. The molecule has 0 spiro atoms. The Morgan fingerprint density at radius 1 is 1.24 bits per heavy atom. The van der Waals surface area contributed by atoms with Crippen LogP contribution in [0.5, 0.6) is 0 Å². The van der Waals surface area contributed by atoms with E-state index in [1.54, 1.807) is 0 Å². The van der Waals surface area contributed by atoms with Gasteiger partial charge in [-0.25, -0.2) is 4.98 Å². The summed E-state index contributed by atoms with van der Waals surface area (Å²) in [7, 11) is 2.19. The quantitative estimate of drug-likeness (QED) is 0.921. The van der Waals surface area contributed by atoms with E-state index in [9.17, 15) is 0 Å². The van der Waals surface area contributed by atoms with E-state index < -0.39 is 0 Å². The van der Waals surface area contributed by atoms with E-state index in [1.807, 2.05) is 12.4 Å². The monoisotopic (exact) mass is 291 g/mol. The first-order chi connectivity index (χ1) is 9.85. The van der Waals surface area contributed by atoms with Crippen LogP contribution in [0.4, 0.5) is 5.82 Å². The molecule has 1 unspecified atom stereocenters. The highest BCUT2D eigenvalue weighted by Gasteiger charge is 2.21. The fourth-order valence-corrected chi connectivity index (χ4v) is 2.66. The van der Waals surface area contributed by atoms with Gasteiger partial charge in [-0.15, -0.1) is 0 Å². The predicted octanol–water partition coefficient (Wildman–Crippen LogP) is 1.90. The van der Waals surface area contributed by atoms with Crippen LogP contribution in [0.2, 0.25) is 0 Å². The first kappa shape index (κ1) is 16.2. The molecule has 0 aliphatic carbocycles. The van der Waals surface area contributed by atoms with Gasteiger partial charge in [0, 0.05) is 31.2 Å². The van der Waals surface area contributed by atoms with Crippen LogP contribution in [-0.4, -0.2) is 53.1 Å². The van der Waals surface area contributed by atoms with Crippen molar-refractivity contribution < 1.29 is 0 Å². The number of hydrogen-bond donors (Lipinski definition) is 1. The van der Waals surface area contributed by atoms with Gasteiger partial charge in [0.25, 0.3) is 0 Å². The normalized spacial score (nSPS) is 21.4. The Balaban J connectivity index is 2.01. The molecule has 1 atom stereocenters. The first-order valence-corrected chi connectivity index (χ1v) is 7.86. The van der Waals surface area contributed by atoms with Crippen molar-refractivity contribution in [2.45, 2.75) is 52.2 Å². The van der Waals surface area contributed by atoms with Gasteiger partial charge in [0.2, 0.25) is 0 Å². The molecule has 1 saturated heterocycles. The molecule has 0 saturated carbocycles. The lowest BCUT2D eigenvalue weighted by atomic mass is 10.1. The van der Waals surface area contributed by atoms with Crippen LogP contribution < -0.4 is 10.2 Å². The van der Waals surface area contributed by atoms with E-state index in [-0.39, 0.29) is 5.54 Å². The number of nitrogens with zero attached hydrogens (tertiary/aromatic N) is 4. The number of hydrogen-bond acceptors (Lipinski definition) is 5. The van der Waals surface area contributed by atoms with Crippen LogP contribution in [0.3, 0.4) is 0 Å². The van der Waals surface area contributed by atoms with Crippen LogP contribution in [-0.2, 0) is 6.54 Å². The van der Waals surface area contributed by atoms with E-state index in [0.29, 0.717) is 6.04 Å². The number of anilines is 1. The second kappa shape index (κ2) is 6.71. The highest BCUT2D eigenvalue weighted by Crippen LogP contribution is 2.17. The summed E-state index contributed by atoms with van der Waals surface area (Å²) >= 11 is 0. The molecule has 2 heterocycles. The summed E-state index contributed by atoms with van der Waals surface area (Å²) in [6, 6.07) is 0.477. The minimum Gasteiger partial charge on any atom is -0.351 e. The van der Waals surface area contributed by atoms with E-state index in [0.717, 1.165) is 37.7 Å². The van der Waals surface area contributed by atoms with Crippen molar-refractivity contribution in [2.24, 2.45) is 0 Å². The lowest BCUT2D eigenvalue weighted by Crippen LogP contribution is -2.38. The van der Waals surface area contributed by atoms with Crippen molar-refractivity contribution in [1.29, 1.82) is 0 Å². The Morgan fingerprint density at radius 2 is 2.00 bits per heavy atom. The third-order valence-electron chi connectivity index (χ3n) is 3.83. The maximum Gasteiger partial charge on any atom is 0.147 e. The predicted molar refractivity (Wildman–Crippen MR) is 87.5 cm³/mol. The Labute approximate surface area is 128 Å². The zero-order chi connectivity index (χ0) is 15.5. The van der Waals surface area contributed by atoms with Crippen LogP contribution in [0.15, 0.2) is 12.4 Å². The highest BCUT2D eigenvalue weighted by atomic mass is 15.3. The Morgan fingerprint density at radius 3 is 2.62 bits per heavy atom. The molecule has 1 aliphatic rings. The summed E-state index contributed by atoms with van der Waals surface area (Å²) in [6.07, 6.45) is 4.99. The van der Waals surface area contributed by atoms with Gasteiger partial charge in [0.05, 0.1) is 18.1 Å². The first-order valence-electron chi connectivity index (χ1n) is 7.86. The molecule has 0 radical (unpaired) electrons. The van der Waals surface area contributed by atoms with Crippen molar-refractivity contribution in [3.63, 3.8) is 0 Å². The van der Waals surface area contributed by atoms with Crippen LogP contribution >= 0.6 is 0 Å². The standard InChI is InChI=1S/C16H29N5/c1-13-12-20(5)7-6-8-21(13)15-11-17-14(9-18-15)10-19-16(2,3)4/h9,11,13,19H,6-8,10,12H2,1-5H3. The average molecular weight is 291 g/mol. The Kier molecular flexibility index (Phi) is 5.17. The minimum absolute atomic E-state index is 0.101. The third-order valence-corrected chi connectivity index (χ3v) is 3.83. The SMILES string of the molecule is CC1CN(C)CCCN1c1cnc(CNC(C)(C)C)cn1. The molecule has 1 aromatic rings. The molecule has 1 N–H and O–H groups in total. The van der Waals surface area contributed by atoms with Crippen molar-refractivity contribution in [3.05, 3.63) is 18.1 Å². The summed E-state index contributed by atoms with van der Waals surface area (Å²) in [5, 5.41) is 3.44. The molecular weight excluding hydrogens is 262 g/mol. The number of aromatic nitrogens is 2. The van der Waals surface area contributed by atoms with E-state index in [1.165, 1.54) is 6.42 Å². The van der Waals surface area contributed by atoms with E-state index in [4.69, 9.17) is 0 Å². The zero-order valence-corrected chi connectivity index (χ0v) is 14.1. The van der Waals surface area contributed by atoms with E-state index in [2.05, 4.69) is 59.8 Å². The summed E-state index contributed by atoms with van der Waals surface area (Å²) in [6.45, 7) is 12.8. The van der Waals surface area contributed by atoms with Crippen molar-refractivity contribution in [3.8, 4) is 0 Å². The smallest absolute Gasteiger partial charge is 0.147 e. The van der Waals surface area contributed by atoms with Gasteiger partial charge in [0.1, 0.15) is 5.82 Å². The van der Waals surface area contributed by atoms with Gasteiger partial charge in [-0.2, -0.15) is 0 Å². The molecule has 5 heteroatoms. The van der Waals surface area contributed by atoms with Gasteiger partial charge in [-0.1, -0.05) is 0 Å². The molecule has 1 aliphatic heterocycles. The average Bonchev–Trinajstić information content (AvgIpc) is 2.57. The summed E-state index contributed by atoms with van der Waals surface area (Å²) in [5.41, 5.74) is 1.10. The van der Waals surface area contributed by atoms with Crippen molar-refractivity contribution in [2.75, 3.05) is 31.6 Å². The zero-order valence-electron chi connectivity index (χ0n) is 14.1. The molecule has 1 fully saturated rings. The summed E-state index contributed by atoms with van der Waals surface area (Å²) in [4.78, 5) is 13.9. The largest absolute Gasteiger partial charge is 0.351 e. The molecule has 118 valence electrons. The molecule has 0 amide bonds. The van der Waals surface area contributed by atoms with Crippen LogP contribution in [0.25, 0.3) is 0 Å². The van der Waals surface area contributed by atoms with Gasteiger partial charge in [-0.05, 0) is 47.7 Å². The topological polar surface area (TPSA) is 44.3 Å². The molecule has 5 nitrogen and oxygen atoms in total. The molecule has 21 heavy (non-hydrogen) atoms. The summed E-state index contributed by atoms with van der Waals surface area (Å²) < 4.78 is 0. The molecular formula is C16H29N5. The Bertz CT molecular complexity index is 437. The Hall–Kier alpha value is -1.20. The number of likely N-dealkylation sites (N-methyl/N-ethyl adjacent to an activating group) is 1. The van der Waals surface area contributed by atoms with E-state index >= 15 is 0 Å². The van der Waals surface area contributed by atoms with Crippen LogP contribution in [0.1, 0.15) is 39.8 Å². The third kappa shape index (κ3) is 4.93. The van der Waals surface area contributed by atoms with Crippen molar-refractivity contribution >= 4 is 5.82 Å². The second-order valence-electron chi connectivity index (χ2n) is 7.13. The molecule has 1 aromatic heterocycles. The number of nitrogens with one attached hydrogen (secondary N) is 1. The fraction of sp³-hybridized carbons (Fsp3) is 0.750. The fourth-order valence-electron chi connectivity index (χ4n) is 2.66. The maximum atomic E-state index is 4.63. The molecule has 2 rings (SSSR count). The lowest BCUT2D eigenvalue weighted by Gasteiger charge is -2.28. The molecule has 0 aromatic carbocycles. The van der Waals surface area contributed by atoms with Crippen LogP contribution in [0, 0.1) is 0 Å².